The first-order valence-electron chi connectivity index (χ1n) is 6.51. The van der Waals surface area contributed by atoms with Crippen molar-refractivity contribution in [3.63, 3.8) is 0 Å². The Hall–Kier alpha value is -1.10. The van der Waals surface area contributed by atoms with Crippen LogP contribution in [0.2, 0.25) is 0 Å². The first-order valence-corrected chi connectivity index (χ1v) is 7.33. The van der Waals surface area contributed by atoms with Crippen LogP contribution >= 0.6 is 11.3 Å². The number of thiazole rings is 1. The van der Waals surface area contributed by atoms with E-state index in [0.29, 0.717) is 10.9 Å². The molecular formula is C13H18N2O2S. The Balaban J connectivity index is 1.73. The van der Waals surface area contributed by atoms with Gasteiger partial charge in [-0.15, -0.1) is 0 Å². The van der Waals surface area contributed by atoms with E-state index in [1.807, 2.05) is 6.92 Å². The molecular weight excluding hydrogens is 248 g/mol. The molecule has 0 unspecified atom stereocenters. The van der Waals surface area contributed by atoms with E-state index in [1.165, 1.54) is 44.1 Å². The van der Waals surface area contributed by atoms with Gasteiger partial charge in [-0.25, -0.2) is 9.78 Å². The van der Waals surface area contributed by atoms with Crippen LogP contribution in [0.4, 0.5) is 5.13 Å². The van der Waals surface area contributed by atoms with E-state index in [-0.39, 0.29) is 5.97 Å². The summed E-state index contributed by atoms with van der Waals surface area (Å²) in [5.41, 5.74) is 0.764. The number of carbonyl (C=O) groups is 1. The van der Waals surface area contributed by atoms with Crippen molar-refractivity contribution in [1.29, 1.82) is 0 Å². The van der Waals surface area contributed by atoms with Gasteiger partial charge in [-0.1, -0.05) is 11.3 Å². The molecule has 0 aliphatic heterocycles. The van der Waals surface area contributed by atoms with Crippen LogP contribution in [0, 0.1) is 18.8 Å². The lowest BCUT2D eigenvalue weighted by Gasteiger charge is -2.16. The summed E-state index contributed by atoms with van der Waals surface area (Å²) in [5.74, 6) is 1.36. The predicted octanol–water partition coefficient (Wildman–Crippen LogP) is 2.84. The number of nitrogens with zero attached hydrogens (tertiary/aromatic N) is 1. The van der Waals surface area contributed by atoms with Gasteiger partial charge in [-0.3, -0.25) is 0 Å². The van der Waals surface area contributed by atoms with Crippen LogP contribution in [0.1, 0.15) is 41.0 Å². The number of methoxy groups -OCH3 is 1. The van der Waals surface area contributed by atoms with Gasteiger partial charge in [0.05, 0.1) is 12.8 Å². The van der Waals surface area contributed by atoms with Crippen molar-refractivity contribution in [3.8, 4) is 0 Å². The van der Waals surface area contributed by atoms with E-state index in [4.69, 9.17) is 4.74 Å². The zero-order chi connectivity index (χ0) is 12.7. The number of rotatable bonds is 5. The van der Waals surface area contributed by atoms with Gasteiger partial charge in [0.2, 0.25) is 0 Å². The van der Waals surface area contributed by atoms with Crippen molar-refractivity contribution in [2.24, 2.45) is 11.8 Å². The molecule has 0 radical (unpaired) electrons. The Bertz CT molecular complexity index is 452. The molecule has 1 N–H and O–H groups in total. The fourth-order valence-corrected chi connectivity index (χ4v) is 3.35. The van der Waals surface area contributed by atoms with Gasteiger partial charge in [-0.2, -0.15) is 0 Å². The van der Waals surface area contributed by atoms with Crippen LogP contribution in [-0.2, 0) is 4.74 Å². The van der Waals surface area contributed by atoms with Crippen LogP contribution in [0.15, 0.2) is 0 Å². The van der Waals surface area contributed by atoms with E-state index in [0.717, 1.165) is 22.7 Å². The highest BCUT2D eigenvalue weighted by Gasteiger charge is 2.41. The molecule has 0 atom stereocenters. The molecule has 0 amide bonds. The average molecular weight is 266 g/mol. The van der Waals surface area contributed by atoms with Gasteiger partial charge in [0.1, 0.15) is 4.88 Å². The van der Waals surface area contributed by atoms with Crippen molar-refractivity contribution in [1.82, 2.24) is 4.98 Å². The zero-order valence-electron chi connectivity index (χ0n) is 10.7. The van der Waals surface area contributed by atoms with Crippen molar-refractivity contribution in [2.45, 2.75) is 38.6 Å². The van der Waals surface area contributed by atoms with E-state index in [1.54, 1.807) is 0 Å². The summed E-state index contributed by atoms with van der Waals surface area (Å²) >= 11 is 1.41. The van der Waals surface area contributed by atoms with E-state index < -0.39 is 0 Å². The van der Waals surface area contributed by atoms with E-state index in [2.05, 4.69) is 10.3 Å². The van der Waals surface area contributed by atoms with Crippen molar-refractivity contribution >= 4 is 22.4 Å². The van der Waals surface area contributed by atoms with Gasteiger partial charge in [0.25, 0.3) is 0 Å². The smallest absolute Gasteiger partial charge is 0.350 e. The molecule has 98 valence electrons. The summed E-state index contributed by atoms with van der Waals surface area (Å²) in [5, 5.41) is 4.41. The van der Waals surface area contributed by atoms with Gasteiger partial charge in [0.15, 0.2) is 5.13 Å². The molecule has 1 heterocycles. The highest BCUT2D eigenvalue weighted by Crippen LogP contribution is 2.46. The Morgan fingerprint density at radius 1 is 1.39 bits per heavy atom. The molecule has 4 nitrogen and oxygen atoms in total. The van der Waals surface area contributed by atoms with Crippen LogP contribution in [0.3, 0.4) is 0 Å². The summed E-state index contributed by atoms with van der Waals surface area (Å²) in [6.45, 7) is 1.86. The number of anilines is 1. The maximum atomic E-state index is 11.5. The number of aryl methyl sites for hydroxylation is 1. The second kappa shape index (κ2) is 4.53. The van der Waals surface area contributed by atoms with Crippen LogP contribution in [0.25, 0.3) is 0 Å². The van der Waals surface area contributed by atoms with Crippen molar-refractivity contribution < 1.29 is 9.53 Å². The van der Waals surface area contributed by atoms with Crippen molar-refractivity contribution in [3.05, 3.63) is 10.6 Å². The molecule has 5 heteroatoms. The normalized spacial score (nSPS) is 19.1. The Kier molecular flexibility index (Phi) is 3.01. The number of ether oxygens (including phenoxy) is 1. The number of aromatic nitrogens is 1. The van der Waals surface area contributed by atoms with Gasteiger partial charge >= 0.3 is 5.97 Å². The van der Waals surface area contributed by atoms with Gasteiger partial charge in [0, 0.05) is 6.04 Å². The Labute approximate surface area is 111 Å². The largest absolute Gasteiger partial charge is 0.465 e. The lowest BCUT2D eigenvalue weighted by atomic mass is 10.1. The zero-order valence-corrected chi connectivity index (χ0v) is 11.5. The third-order valence-corrected chi connectivity index (χ3v) is 4.79. The molecule has 1 aromatic rings. The molecule has 0 spiro atoms. The minimum absolute atomic E-state index is 0.285. The number of nitrogens with one attached hydrogen (secondary N) is 1. The van der Waals surface area contributed by atoms with Crippen LogP contribution in [-0.4, -0.2) is 24.1 Å². The molecule has 2 aliphatic rings. The molecule has 0 saturated heterocycles. The van der Waals surface area contributed by atoms with Gasteiger partial charge < -0.3 is 10.1 Å². The topological polar surface area (TPSA) is 51.2 Å². The molecule has 18 heavy (non-hydrogen) atoms. The highest BCUT2D eigenvalue weighted by molar-refractivity contribution is 7.17. The van der Waals surface area contributed by atoms with Crippen LogP contribution < -0.4 is 5.32 Å². The predicted molar refractivity (Wildman–Crippen MR) is 71.0 cm³/mol. The first kappa shape index (κ1) is 12.0. The lowest BCUT2D eigenvalue weighted by molar-refractivity contribution is 0.0605. The number of hydrogen-bond donors (Lipinski definition) is 1. The highest BCUT2D eigenvalue weighted by atomic mass is 32.1. The fourth-order valence-electron chi connectivity index (χ4n) is 2.41. The monoisotopic (exact) mass is 266 g/mol. The molecule has 2 saturated carbocycles. The number of hydrogen-bond acceptors (Lipinski definition) is 5. The standard InChI is InChI=1S/C13H18N2O2S/c1-7-11(12(16)17-2)18-13(14-7)15-10(8-3-4-8)9-5-6-9/h8-10H,3-6H2,1-2H3,(H,14,15). The Morgan fingerprint density at radius 3 is 2.50 bits per heavy atom. The molecule has 0 bridgehead atoms. The molecule has 2 fully saturated rings. The van der Waals surface area contributed by atoms with Crippen LogP contribution in [0.5, 0.6) is 0 Å². The van der Waals surface area contributed by atoms with E-state index in [9.17, 15) is 4.79 Å². The Morgan fingerprint density at radius 2 is 2.00 bits per heavy atom. The number of carbonyl (C=O) groups excluding carboxylic acids is 1. The fraction of sp³-hybridized carbons (Fsp3) is 0.692. The molecule has 3 rings (SSSR count). The maximum Gasteiger partial charge on any atom is 0.350 e. The third-order valence-electron chi connectivity index (χ3n) is 3.72. The van der Waals surface area contributed by atoms with Crippen molar-refractivity contribution in [2.75, 3.05) is 12.4 Å². The summed E-state index contributed by atoms with van der Waals surface area (Å²) < 4.78 is 4.76. The molecule has 2 aliphatic carbocycles. The second-order valence-electron chi connectivity index (χ2n) is 5.27. The average Bonchev–Trinajstić information content (AvgIpc) is 3.24. The summed E-state index contributed by atoms with van der Waals surface area (Å²) in [4.78, 5) is 16.6. The quantitative estimate of drug-likeness (QED) is 0.833. The number of esters is 1. The second-order valence-corrected chi connectivity index (χ2v) is 6.27. The maximum absolute atomic E-state index is 11.5. The summed E-state index contributed by atoms with van der Waals surface area (Å²) in [6, 6.07) is 0.570. The summed E-state index contributed by atoms with van der Waals surface area (Å²) in [6.07, 6.45) is 5.34. The minimum atomic E-state index is -0.285. The molecule has 0 aromatic carbocycles. The first-order chi connectivity index (χ1) is 8.69. The SMILES string of the molecule is COC(=O)c1sc(NC(C2CC2)C2CC2)nc1C. The molecule has 1 aromatic heterocycles. The lowest BCUT2D eigenvalue weighted by Crippen LogP contribution is -2.24. The third kappa shape index (κ3) is 2.36. The summed E-state index contributed by atoms with van der Waals surface area (Å²) in [7, 11) is 1.41. The van der Waals surface area contributed by atoms with E-state index >= 15 is 0 Å². The van der Waals surface area contributed by atoms with Gasteiger partial charge in [-0.05, 0) is 44.4 Å². The minimum Gasteiger partial charge on any atom is -0.465 e.